The van der Waals surface area contributed by atoms with Crippen LogP contribution in [0, 0.1) is 0 Å². The van der Waals surface area contributed by atoms with Crippen LogP contribution in [0.5, 0.6) is 0 Å². The number of hydrogen-bond acceptors (Lipinski definition) is 1. The summed E-state index contributed by atoms with van der Waals surface area (Å²) in [7, 11) is 0. The van der Waals surface area contributed by atoms with Crippen LogP contribution in [0.25, 0.3) is 0 Å². The highest BCUT2D eigenvalue weighted by Crippen LogP contribution is 1.92. The molecule has 9 heavy (non-hydrogen) atoms. The van der Waals surface area contributed by atoms with Crippen molar-refractivity contribution in [1.82, 2.24) is 5.32 Å². The zero-order valence-corrected chi connectivity index (χ0v) is 6.18. The molecule has 1 radical (unpaired) electrons. The molecule has 0 fully saturated rings. The quantitative estimate of drug-likeness (QED) is 0.562. The van der Waals surface area contributed by atoms with Crippen molar-refractivity contribution in [2.75, 3.05) is 6.54 Å². The van der Waals surface area contributed by atoms with Gasteiger partial charge in [-0.1, -0.05) is 13.3 Å². The van der Waals surface area contributed by atoms with Crippen LogP contribution in [-0.4, -0.2) is 12.5 Å². The SMILES string of the molecule is CCCCC(=O)[N]CC. The summed E-state index contributed by atoms with van der Waals surface area (Å²) in [6.45, 7) is 4.58. The fourth-order valence-electron chi connectivity index (χ4n) is 0.583. The molecule has 0 aliphatic carbocycles. The fourth-order valence-corrected chi connectivity index (χ4v) is 0.583. The van der Waals surface area contributed by atoms with Crippen molar-refractivity contribution < 1.29 is 4.79 Å². The van der Waals surface area contributed by atoms with Gasteiger partial charge in [-0.15, -0.1) is 0 Å². The van der Waals surface area contributed by atoms with Crippen LogP contribution >= 0.6 is 0 Å². The van der Waals surface area contributed by atoms with Crippen LogP contribution in [0.3, 0.4) is 0 Å². The van der Waals surface area contributed by atoms with Crippen molar-refractivity contribution in [2.45, 2.75) is 33.1 Å². The molecule has 0 saturated heterocycles. The van der Waals surface area contributed by atoms with E-state index in [2.05, 4.69) is 12.2 Å². The molecule has 0 rings (SSSR count). The van der Waals surface area contributed by atoms with Gasteiger partial charge in [-0.2, -0.15) is 0 Å². The molecule has 0 aromatic heterocycles. The number of amides is 1. The Hall–Kier alpha value is -0.530. The summed E-state index contributed by atoms with van der Waals surface area (Å²) in [5.41, 5.74) is 0. The third-order valence-corrected chi connectivity index (χ3v) is 1.08. The zero-order chi connectivity index (χ0) is 7.11. The number of carbonyl (C=O) groups is 1. The van der Waals surface area contributed by atoms with Gasteiger partial charge in [0.05, 0.1) is 0 Å². The smallest absolute Gasteiger partial charge is 0.241 e. The highest BCUT2D eigenvalue weighted by Gasteiger charge is 1.97. The molecule has 0 bridgehead atoms. The monoisotopic (exact) mass is 128 g/mol. The van der Waals surface area contributed by atoms with Crippen LogP contribution in [0.15, 0.2) is 0 Å². The molecule has 0 aliphatic rings. The third kappa shape index (κ3) is 5.34. The van der Waals surface area contributed by atoms with Crippen molar-refractivity contribution in [3.63, 3.8) is 0 Å². The predicted octanol–water partition coefficient (Wildman–Crippen LogP) is 1.33. The first kappa shape index (κ1) is 8.47. The summed E-state index contributed by atoms with van der Waals surface area (Å²) in [4.78, 5) is 10.6. The maximum absolute atomic E-state index is 10.6. The van der Waals surface area contributed by atoms with Crippen molar-refractivity contribution in [3.8, 4) is 0 Å². The van der Waals surface area contributed by atoms with Crippen LogP contribution < -0.4 is 5.32 Å². The molecular weight excluding hydrogens is 114 g/mol. The van der Waals surface area contributed by atoms with E-state index in [0.717, 1.165) is 12.8 Å². The molecular formula is C7H14NO. The standard InChI is InChI=1S/C7H14NO/c1-3-5-6-7(9)8-4-2/h3-6H2,1-2H3. The summed E-state index contributed by atoms with van der Waals surface area (Å²) < 4.78 is 0. The first-order valence-electron chi connectivity index (χ1n) is 3.51. The van der Waals surface area contributed by atoms with Gasteiger partial charge in [-0.05, 0) is 13.3 Å². The molecule has 1 amide bonds. The minimum absolute atomic E-state index is 0.0550. The minimum atomic E-state index is 0.0550. The summed E-state index contributed by atoms with van der Waals surface area (Å²) in [6.07, 6.45) is 2.68. The van der Waals surface area contributed by atoms with E-state index >= 15 is 0 Å². The second kappa shape index (κ2) is 5.60. The third-order valence-electron chi connectivity index (χ3n) is 1.08. The summed E-state index contributed by atoms with van der Waals surface area (Å²) in [5, 5.41) is 3.72. The zero-order valence-electron chi connectivity index (χ0n) is 6.18. The van der Waals surface area contributed by atoms with Gasteiger partial charge in [0.2, 0.25) is 5.91 Å². The Kier molecular flexibility index (Phi) is 5.27. The van der Waals surface area contributed by atoms with Crippen molar-refractivity contribution in [2.24, 2.45) is 0 Å². The molecule has 0 heterocycles. The molecule has 2 nitrogen and oxygen atoms in total. The molecule has 0 atom stereocenters. The Morgan fingerprint density at radius 1 is 1.44 bits per heavy atom. The lowest BCUT2D eigenvalue weighted by molar-refractivity contribution is -0.121. The molecule has 0 unspecified atom stereocenters. The number of hydrogen-bond donors (Lipinski definition) is 0. The van der Waals surface area contributed by atoms with Gasteiger partial charge in [0, 0.05) is 13.0 Å². The minimum Gasteiger partial charge on any atom is -0.273 e. The maximum Gasteiger partial charge on any atom is 0.241 e. The number of carbonyl (C=O) groups excluding carboxylic acids is 1. The average Bonchev–Trinajstić information content (AvgIpc) is 1.85. The molecule has 53 valence electrons. The number of unbranched alkanes of at least 4 members (excludes halogenated alkanes) is 1. The Balaban J connectivity index is 3.06. The maximum atomic E-state index is 10.6. The second-order valence-corrected chi connectivity index (χ2v) is 1.97. The first-order valence-corrected chi connectivity index (χ1v) is 3.51. The Morgan fingerprint density at radius 3 is 2.56 bits per heavy atom. The summed E-state index contributed by atoms with van der Waals surface area (Å²) in [5.74, 6) is 0.0550. The first-order chi connectivity index (χ1) is 4.31. The number of nitrogens with zero attached hydrogens (tertiary/aromatic N) is 1. The normalized spacial score (nSPS) is 9.11. The van der Waals surface area contributed by atoms with E-state index < -0.39 is 0 Å². The van der Waals surface area contributed by atoms with Gasteiger partial charge >= 0.3 is 0 Å². The van der Waals surface area contributed by atoms with E-state index in [1.807, 2.05) is 6.92 Å². The van der Waals surface area contributed by atoms with E-state index in [9.17, 15) is 4.79 Å². The molecule has 0 aliphatic heterocycles. The van der Waals surface area contributed by atoms with Gasteiger partial charge < -0.3 is 0 Å². The van der Waals surface area contributed by atoms with E-state index in [0.29, 0.717) is 13.0 Å². The Morgan fingerprint density at radius 2 is 2.11 bits per heavy atom. The molecule has 0 spiro atoms. The topological polar surface area (TPSA) is 31.2 Å². The number of rotatable bonds is 4. The van der Waals surface area contributed by atoms with Gasteiger partial charge in [0.15, 0.2) is 0 Å². The van der Waals surface area contributed by atoms with E-state index in [1.54, 1.807) is 0 Å². The Bertz CT molecular complexity index is 81.0. The van der Waals surface area contributed by atoms with Crippen molar-refractivity contribution in [3.05, 3.63) is 0 Å². The van der Waals surface area contributed by atoms with Gasteiger partial charge in [-0.3, -0.25) is 10.1 Å². The van der Waals surface area contributed by atoms with E-state index in [4.69, 9.17) is 0 Å². The lowest BCUT2D eigenvalue weighted by atomic mass is 10.2. The van der Waals surface area contributed by atoms with Gasteiger partial charge in [0.1, 0.15) is 0 Å². The van der Waals surface area contributed by atoms with Crippen LogP contribution in [0.4, 0.5) is 0 Å². The van der Waals surface area contributed by atoms with E-state index in [-0.39, 0.29) is 5.91 Å². The molecule has 0 N–H and O–H groups in total. The Labute approximate surface area is 56.6 Å². The van der Waals surface area contributed by atoms with E-state index in [1.165, 1.54) is 0 Å². The van der Waals surface area contributed by atoms with Crippen molar-refractivity contribution >= 4 is 5.91 Å². The lowest BCUT2D eigenvalue weighted by Crippen LogP contribution is -2.13. The molecule has 0 aromatic carbocycles. The molecule has 2 heteroatoms. The van der Waals surface area contributed by atoms with Crippen LogP contribution in [0.2, 0.25) is 0 Å². The van der Waals surface area contributed by atoms with Crippen LogP contribution in [-0.2, 0) is 4.79 Å². The van der Waals surface area contributed by atoms with Gasteiger partial charge in [-0.25, -0.2) is 0 Å². The second-order valence-electron chi connectivity index (χ2n) is 1.97. The fraction of sp³-hybridized carbons (Fsp3) is 0.857. The summed E-state index contributed by atoms with van der Waals surface area (Å²) >= 11 is 0. The summed E-state index contributed by atoms with van der Waals surface area (Å²) in [6, 6.07) is 0. The highest BCUT2D eigenvalue weighted by atomic mass is 16.1. The highest BCUT2D eigenvalue weighted by molar-refractivity contribution is 5.75. The predicted molar refractivity (Wildman–Crippen MR) is 37.2 cm³/mol. The lowest BCUT2D eigenvalue weighted by Gasteiger charge is -1.94. The van der Waals surface area contributed by atoms with Crippen molar-refractivity contribution in [1.29, 1.82) is 0 Å². The van der Waals surface area contributed by atoms with Crippen LogP contribution in [0.1, 0.15) is 33.1 Å². The van der Waals surface area contributed by atoms with Gasteiger partial charge in [0.25, 0.3) is 0 Å². The average molecular weight is 128 g/mol. The molecule has 0 saturated carbocycles. The largest absolute Gasteiger partial charge is 0.273 e. The molecule has 0 aromatic rings.